The van der Waals surface area contributed by atoms with E-state index in [0.717, 1.165) is 49.1 Å². The summed E-state index contributed by atoms with van der Waals surface area (Å²) in [7, 11) is 2.02. The lowest BCUT2D eigenvalue weighted by molar-refractivity contribution is -0.141. The molecule has 0 aliphatic carbocycles. The maximum atomic E-state index is 12.9. The maximum Gasteiger partial charge on any atom is 0.242 e. The van der Waals surface area contributed by atoms with E-state index in [-0.39, 0.29) is 24.4 Å². The molecule has 0 radical (unpaired) electrons. The largest absolute Gasteiger partial charge is 0.333 e. The second-order valence-corrected chi connectivity index (χ2v) is 7.04. The highest BCUT2D eigenvalue weighted by Crippen LogP contribution is 2.32. The molecule has 2 saturated heterocycles. The molecule has 6 nitrogen and oxygen atoms in total. The van der Waals surface area contributed by atoms with Crippen LogP contribution in [0.3, 0.4) is 0 Å². The highest BCUT2D eigenvalue weighted by Gasteiger charge is 2.33. The van der Waals surface area contributed by atoms with Gasteiger partial charge in [0, 0.05) is 26.6 Å². The fourth-order valence-corrected chi connectivity index (χ4v) is 4.09. The van der Waals surface area contributed by atoms with E-state index in [1.165, 1.54) is 0 Å². The number of aryl methyl sites for hydroxylation is 1. The van der Waals surface area contributed by atoms with Crippen LogP contribution in [0.1, 0.15) is 44.0 Å². The standard InChI is InChI=1S/C19H24N4O2/c1-21-15-8-3-2-7-14(15)20-19(21)16-9-4-5-12-23(16)18(25)13-22-11-6-10-17(22)24/h2-3,7-8,16H,4-6,9-13H2,1H3/t16-/m0/s1. The molecule has 25 heavy (non-hydrogen) atoms. The van der Waals surface area contributed by atoms with Gasteiger partial charge in [-0.15, -0.1) is 0 Å². The normalized spacial score (nSPS) is 21.3. The summed E-state index contributed by atoms with van der Waals surface area (Å²) >= 11 is 0. The van der Waals surface area contributed by atoms with Crippen LogP contribution < -0.4 is 0 Å². The molecule has 1 aromatic carbocycles. The van der Waals surface area contributed by atoms with Crippen molar-refractivity contribution in [2.75, 3.05) is 19.6 Å². The number of carbonyl (C=O) groups excluding carboxylic acids is 2. The molecule has 1 atom stereocenters. The molecule has 2 aliphatic heterocycles. The van der Waals surface area contributed by atoms with Crippen molar-refractivity contribution in [3.8, 4) is 0 Å². The summed E-state index contributed by atoms with van der Waals surface area (Å²) in [4.78, 5) is 33.2. The number of hydrogen-bond acceptors (Lipinski definition) is 3. The van der Waals surface area contributed by atoms with Crippen LogP contribution >= 0.6 is 0 Å². The average molecular weight is 340 g/mol. The van der Waals surface area contributed by atoms with Gasteiger partial charge in [0.05, 0.1) is 23.6 Å². The molecule has 2 aliphatic rings. The van der Waals surface area contributed by atoms with Gasteiger partial charge in [-0.25, -0.2) is 4.98 Å². The van der Waals surface area contributed by atoms with Gasteiger partial charge in [-0.2, -0.15) is 0 Å². The van der Waals surface area contributed by atoms with Gasteiger partial charge < -0.3 is 14.4 Å². The fraction of sp³-hybridized carbons (Fsp3) is 0.526. The first-order chi connectivity index (χ1) is 12.1. The van der Waals surface area contributed by atoms with Gasteiger partial charge in [0.25, 0.3) is 0 Å². The fourth-order valence-electron chi connectivity index (χ4n) is 4.09. The van der Waals surface area contributed by atoms with E-state index in [0.29, 0.717) is 13.0 Å². The molecule has 2 aromatic rings. The Morgan fingerprint density at radius 1 is 1.20 bits per heavy atom. The van der Waals surface area contributed by atoms with Crippen molar-refractivity contribution in [1.82, 2.24) is 19.4 Å². The summed E-state index contributed by atoms with van der Waals surface area (Å²) in [5.41, 5.74) is 2.05. The van der Waals surface area contributed by atoms with Crippen LogP contribution in [0.15, 0.2) is 24.3 Å². The van der Waals surface area contributed by atoms with E-state index in [9.17, 15) is 9.59 Å². The SMILES string of the molecule is Cn1c([C@@H]2CCCCN2C(=O)CN2CCCC2=O)nc2ccccc21. The van der Waals surface area contributed by atoms with Crippen LogP contribution in [0, 0.1) is 0 Å². The first-order valence-electron chi connectivity index (χ1n) is 9.14. The zero-order valence-electron chi connectivity index (χ0n) is 14.6. The summed E-state index contributed by atoms with van der Waals surface area (Å²) in [6.45, 7) is 1.66. The van der Waals surface area contributed by atoms with Crippen molar-refractivity contribution < 1.29 is 9.59 Å². The van der Waals surface area contributed by atoms with Crippen LogP contribution in [0.5, 0.6) is 0 Å². The summed E-state index contributed by atoms with van der Waals surface area (Å²) in [6, 6.07) is 8.06. The molecule has 0 unspecified atom stereocenters. The number of nitrogens with zero attached hydrogens (tertiary/aromatic N) is 4. The molecule has 0 bridgehead atoms. The molecule has 4 rings (SSSR count). The molecule has 0 saturated carbocycles. The second-order valence-electron chi connectivity index (χ2n) is 7.04. The number of piperidine rings is 1. The number of imidazole rings is 1. The Labute approximate surface area is 147 Å². The van der Waals surface area contributed by atoms with Gasteiger partial charge in [0.2, 0.25) is 11.8 Å². The molecule has 2 amide bonds. The van der Waals surface area contributed by atoms with E-state index < -0.39 is 0 Å². The third kappa shape index (κ3) is 2.90. The Hall–Kier alpha value is -2.37. The van der Waals surface area contributed by atoms with Gasteiger partial charge in [0.1, 0.15) is 5.82 Å². The number of aromatic nitrogens is 2. The Morgan fingerprint density at radius 3 is 2.80 bits per heavy atom. The molecular weight excluding hydrogens is 316 g/mol. The minimum atomic E-state index is -0.00337. The Balaban J connectivity index is 1.60. The number of hydrogen-bond donors (Lipinski definition) is 0. The topological polar surface area (TPSA) is 58.4 Å². The van der Waals surface area contributed by atoms with Gasteiger partial charge in [-0.1, -0.05) is 12.1 Å². The van der Waals surface area contributed by atoms with E-state index in [1.807, 2.05) is 30.1 Å². The van der Waals surface area contributed by atoms with Crippen molar-refractivity contribution in [2.24, 2.45) is 7.05 Å². The molecule has 6 heteroatoms. The monoisotopic (exact) mass is 340 g/mol. The van der Waals surface area contributed by atoms with Crippen LogP contribution in [0.25, 0.3) is 11.0 Å². The first-order valence-corrected chi connectivity index (χ1v) is 9.14. The van der Waals surface area contributed by atoms with Gasteiger partial charge in [0.15, 0.2) is 0 Å². The number of fused-ring (bicyclic) bond motifs is 1. The van der Waals surface area contributed by atoms with E-state index in [1.54, 1.807) is 4.90 Å². The minimum absolute atomic E-state index is 0.00337. The minimum Gasteiger partial charge on any atom is -0.333 e. The number of rotatable bonds is 3. The van der Waals surface area contributed by atoms with Crippen LogP contribution in [0.4, 0.5) is 0 Å². The molecule has 2 fully saturated rings. The zero-order valence-corrected chi connectivity index (χ0v) is 14.6. The molecule has 0 spiro atoms. The maximum absolute atomic E-state index is 12.9. The second kappa shape index (κ2) is 6.50. The van der Waals surface area contributed by atoms with Gasteiger partial charge in [-0.3, -0.25) is 9.59 Å². The summed E-state index contributed by atoms with van der Waals surface area (Å²) in [6.07, 6.45) is 4.47. The van der Waals surface area contributed by atoms with Crippen molar-refractivity contribution in [3.05, 3.63) is 30.1 Å². The van der Waals surface area contributed by atoms with Gasteiger partial charge in [-0.05, 0) is 37.8 Å². The summed E-state index contributed by atoms with van der Waals surface area (Å²) < 4.78 is 2.10. The number of carbonyl (C=O) groups is 2. The van der Waals surface area contributed by atoms with Crippen molar-refractivity contribution in [1.29, 1.82) is 0 Å². The number of benzene rings is 1. The average Bonchev–Trinajstić information content (AvgIpc) is 3.19. The zero-order chi connectivity index (χ0) is 17.4. The van der Waals surface area contributed by atoms with Crippen LogP contribution in [-0.2, 0) is 16.6 Å². The number of likely N-dealkylation sites (tertiary alicyclic amines) is 2. The molecule has 0 N–H and O–H groups in total. The van der Waals surface area contributed by atoms with E-state index in [4.69, 9.17) is 4.98 Å². The molecular formula is C19H24N4O2. The molecule has 132 valence electrons. The predicted octanol–water partition coefficient (Wildman–Crippen LogP) is 2.25. The van der Waals surface area contributed by atoms with E-state index >= 15 is 0 Å². The number of para-hydroxylation sites is 2. The summed E-state index contributed by atoms with van der Waals surface area (Å²) in [5.74, 6) is 1.10. The van der Waals surface area contributed by atoms with Crippen LogP contribution in [0.2, 0.25) is 0 Å². The molecule has 3 heterocycles. The Morgan fingerprint density at radius 2 is 2.04 bits per heavy atom. The van der Waals surface area contributed by atoms with Crippen molar-refractivity contribution >= 4 is 22.8 Å². The molecule has 1 aromatic heterocycles. The van der Waals surface area contributed by atoms with E-state index in [2.05, 4.69) is 10.6 Å². The number of amides is 2. The Kier molecular flexibility index (Phi) is 4.19. The quantitative estimate of drug-likeness (QED) is 0.861. The van der Waals surface area contributed by atoms with Crippen LogP contribution in [-0.4, -0.2) is 50.8 Å². The lowest BCUT2D eigenvalue weighted by atomic mass is 10.0. The van der Waals surface area contributed by atoms with Gasteiger partial charge >= 0.3 is 0 Å². The third-order valence-electron chi connectivity index (χ3n) is 5.44. The smallest absolute Gasteiger partial charge is 0.242 e. The highest BCUT2D eigenvalue weighted by molar-refractivity contribution is 5.86. The Bertz CT molecular complexity index is 813. The predicted molar refractivity (Wildman–Crippen MR) is 94.8 cm³/mol. The lowest BCUT2D eigenvalue weighted by Crippen LogP contribution is -2.45. The third-order valence-corrected chi connectivity index (χ3v) is 5.44. The van der Waals surface area contributed by atoms with Crippen molar-refractivity contribution in [2.45, 2.75) is 38.1 Å². The first kappa shape index (κ1) is 16.1. The summed E-state index contributed by atoms with van der Waals surface area (Å²) in [5, 5.41) is 0. The van der Waals surface area contributed by atoms with Crippen molar-refractivity contribution in [3.63, 3.8) is 0 Å². The lowest BCUT2D eigenvalue weighted by Gasteiger charge is -2.36. The highest BCUT2D eigenvalue weighted by atomic mass is 16.2.